The Hall–Kier alpha value is -1.62. The smallest absolute Gasteiger partial charge is 0.179 e. The van der Waals surface area contributed by atoms with Gasteiger partial charge in [0.25, 0.3) is 0 Å². The van der Waals surface area contributed by atoms with Crippen molar-refractivity contribution in [2.75, 3.05) is 5.73 Å². The van der Waals surface area contributed by atoms with Gasteiger partial charge in [-0.1, -0.05) is 12.8 Å². The van der Waals surface area contributed by atoms with Crippen molar-refractivity contribution in [1.82, 2.24) is 20.3 Å². The van der Waals surface area contributed by atoms with Gasteiger partial charge in [-0.05, 0) is 43.7 Å². The number of pyridine rings is 1. The molecule has 106 valence electrons. The second-order valence-corrected chi connectivity index (χ2v) is 6.18. The molecule has 4 N–H and O–H groups in total. The zero-order valence-corrected chi connectivity index (χ0v) is 11.6. The van der Waals surface area contributed by atoms with Gasteiger partial charge in [-0.2, -0.15) is 0 Å². The average Bonchev–Trinajstić information content (AvgIpc) is 2.89. The first-order chi connectivity index (χ1) is 9.79. The summed E-state index contributed by atoms with van der Waals surface area (Å²) in [6.45, 7) is 0. The Morgan fingerprint density at radius 1 is 1.05 bits per heavy atom. The highest BCUT2D eigenvalue weighted by Gasteiger charge is 2.33. The van der Waals surface area contributed by atoms with E-state index in [1.165, 1.54) is 32.1 Å². The fraction of sp³-hybridized carbons (Fsp3) is 0.600. The Bertz CT molecular complexity index is 620. The number of nitrogens with two attached hydrogens (primary N) is 1. The van der Waals surface area contributed by atoms with E-state index in [1.54, 1.807) is 0 Å². The van der Waals surface area contributed by atoms with E-state index in [0.29, 0.717) is 17.9 Å². The van der Waals surface area contributed by atoms with Gasteiger partial charge in [0.2, 0.25) is 0 Å². The molecule has 3 atom stereocenters. The molecule has 1 saturated heterocycles. The van der Waals surface area contributed by atoms with Crippen LogP contribution in [-0.4, -0.2) is 21.0 Å². The summed E-state index contributed by atoms with van der Waals surface area (Å²) in [6.07, 6.45) is 7.95. The van der Waals surface area contributed by atoms with Crippen LogP contribution in [0.5, 0.6) is 0 Å². The second kappa shape index (κ2) is 4.74. The van der Waals surface area contributed by atoms with Crippen LogP contribution in [-0.2, 0) is 0 Å². The quantitative estimate of drug-likeness (QED) is 0.744. The highest BCUT2D eigenvalue weighted by atomic mass is 15.1. The molecule has 5 nitrogen and oxygen atoms in total. The number of rotatable bonds is 1. The number of fused-ring (bicyclic) bond motifs is 2. The zero-order chi connectivity index (χ0) is 13.5. The predicted octanol–water partition coefficient (Wildman–Crippen LogP) is 2.52. The number of hydrogen-bond donors (Lipinski definition) is 3. The Labute approximate surface area is 118 Å². The van der Waals surface area contributed by atoms with Crippen molar-refractivity contribution in [3.05, 3.63) is 18.0 Å². The molecule has 3 unspecified atom stereocenters. The van der Waals surface area contributed by atoms with Crippen molar-refractivity contribution in [3.63, 3.8) is 0 Å². The van der Waals surface area contributed by atoms with Crippen LogP contribution in [0.4, 0.5) is 5.82 Å². The van der Waals surface area contributed by atoms with Crippen LogP contribution in [0.25, 0.3) is 11.2 Å². The third-order valence-electron chi connectivity index (χ3n) is 4.87. The Balaban J connectivity index is 1.59. The van der Waals surface area contributed by atoms with E-state index in [9.17, 15) is 0 Å². The molecule has 2 aromatic rings. The maximum absolute atomic E-state index is 5.72. The molecule has 3 heterocycles. The van der Waals surface area contributed by atoms with Gasteiger partial charge >= 0.3 is 0 Å². The number of hydrogen-bond acceptors (Lipinski definition) is 4. The van der Waals surface area contributed by atoms with Crippen molar-refractivity contribution in [3.8, 4) is 0 Å². The molecule has 1 aliphatic carbocycles. The largest absolute Gasteiger partial charge is 0.384 e. The minimum Gasteiger partial charge on any atom is -0.384 e. The fourth-order valence-electron chi connectivity index (χ4n) is 3.80. The number of piperidine rings is 1. The van der Waals surface area contributed by atoms with Crippen molar-refractivity contribution in [2.24, 2.45) is 5.92 Å². The van der Waals surface area contributed by atoms with E-state index in [-0.39, 0.29) is 0 Å². The van der Waals surface area contributed by atoms with Crippen molar-refractivity contribution >= 4 is 17.0 Å². The van der Waals surface area contributed by atoms with E-state index in [4.69, 9.17) is 5.73 Å². The lowest BCUT2D eigenvalue weighted by molar-refractivity contribution is 0.174. The number of aromatic nitrogens is 3. The summed E-state index contributed by atoms with van der Waals surface area (Å²) < 4.78 is 0. The molecule has 4 rings (SSSR count). The van der Waals surface area contributed by atoms with Crippen LogP contribution >= 0.6 is 0 Å². The molecule has 2 aliphatic rings. The zero-order valence-electron chi connectivity index (χ0n) is 11.6. The average molecular weight is 271 g/mol. The first kappa shape index (κ1) is 12.1. The molecule has 0 aromatic carbocycles. The topological polar surface area (TPSA) is 79.6 Å². The van der Waals surface area contributed by atoms with Crippen LogP contribution in [0.3, 0.4) is 0 Å². The maximum atomic E-state index is 5.72. The first-order valence-corrected chi connectivity index (χ1v) is 7.68. The van der Waals surface area contributed by atoms with Crippen LogP contribution < -0.4 is 11.1 Å². The van der Waals surface area contributed by atoms with Crippen LogP contribution in [0.2, 0.25) is 0 Å². The third-order valence-corrected chi connectivity index (χ3v) is 4.87. The van der Waals surface area contributed by atoms with Gasteiger partial charge in [-0.3, -0.25) is 0 Å². The van der Waals surface area contributed by atoms with E-state index in [0.717, 1.165) is 29.3 Å². The second-order valence-electron chi connectivity index (χ2n) is 6.18. The molecule has 0 bridgehead atoms. The predicted molar refractivity (Wildman–Crippen MR) is 79.2 cm³/mol. The van der Waals surface area contributed by atoms with Crippen LogP contribution in [0, 0.1) is 5.92 Å². The fourth-order valence-corrected chi connectivity index (χ4v) is 3.80. The number of anilines is 1. The molecule has 5 heteroatoms. The Kier molecular flexibility index (Phi) is 2.88. The summed E-state index contributed by atoms with van der Waals surface area (Å²) in [5, 5.41) is 3.79. The number of imidazole rings is 1. The van der Waals surface area contributed by atoms with E-state index in [1.807, 2.05) is 12.1 Å². The van der Waals surface area contributed by atoms with Crippen LogP contribution in [0.1, 0.15) is 50.4 Å². The summed E-state index contributed by atoms with van der Waals surface area (Å²) >= 11 is 0. The van der Waals surface area contributed by atoms with E-state index >= 15 is 0 Å². The molecule has 0 radical (unpaired) electrons. The van der Waals surface area contributed by atoms with Crippen LogP contribution in [0.15, 0.2) is 12.1 Å². The molecular weight excluding hydrogens is 250 g/mol. The molecule has 0 spiro atoms. The van der Waals surface area contributed by atoms with Crippen molar-refractivity contribution < 1.29 is 0 Å². The number of nitrogens with zero attached hydrogens (tertiary/aromatic N) is 2. The van der Waals surface area contributed by atoms with E-state index in [2.05, 4.69) is 20.3 Å². The van der Waals surface area contributed by atoms with Gasteiger partial charge in [0.05, 0.1) is 11.6 Å². The Morgan fingerprint density at radius 2 is 1.95 bits per heavy atom. The Morgan fingerprint density at radius 3 is 2.90 bits per heavy atom. The number of aromatic amines is 1. The molecule has 2 aromatic heterocycles. The minimum atomic E-state index is 0.338. The summed E-state index contributed by atoms with van der Waals surface area (Å²) in [6, 6.07) is 4.79. The summed E-state index contributed by atoms with van der Waals surface area (Å²) in [7, 11) is 0. The molecule has 1 aliphatic heterocycles. The standard InChI is InChI=1S/C15H21N5/c16-13-8-7-12-15(19-13)20-14(18-12)11-6-5-9-3-1-2-4-10(9)17-11/h7-11,17H,1-6H2,(H3,16,18,19,20). The molecule has 2 fully saturated rings. The number of nitrogen functional groups attached to an aromatic ring is 1. The maximum Gasteiger partial charge on any atom is 0.179 e. The van der Waals surface area contributed by atoms with Gasteiger partial charge in [0, 0.05) is 6.04 Å². The van der Waals surface area contributed by atoms with Gasteiger partial charge in [0.1, 0.15) is 11.6 Å². The summed E-state index contributed by atoms with van der Waals surface area (Å²) in [5.41, 5.74) is 7.42. The monoisotopic (exact) mass is 271 g/mol. The number of H-pyrrole nitrogens is 1. The van der Waals surface area contributed by atoms with E-state index < -0.39 is 0 Å². The third kappa shape index (κ3) is 2.06. The molecule has 1 saturated carbocycles. The van der Waals surface area contributed by atoms with Gasteiger partial charge in [-0.25, -0.2) is 9.97 Å². The minimum absolute atomic E-state index is 0.338. The van der Waals surface area contributed by atoms with Crippen molar-refractivity contribution in [1.29, 1.82) is 0 Å². The highest BCUT2D eigenvalue weighted by molar-refractivity contribution is 5.72. The summed E-state index contributed by atoms with van der Waals surface area (Å²) in [4.78, 5) is 12.3. The summed E-state index contributed by atoms with van der Waals surface area (Å²) in [5.74, 6) is 2.42. The lowest BCUT2D eigenvalue weighted by atomic mass is 9.77. The SMILES string of the molecule is Nc1ccc2[nH]c(C3CCC4CCCCC4N3)nc2n1. The molecular formula is C15H21N5. The van der Waals surface area contributed by atoms with Crippen molar-refractivity contribution in [2.45, 2.75) is 50.6 Å². The van der Waals surface area contributed by atoms with Gasteiger partial charge in [0.15, 0.2) is 5.65 Å². The molecule has 0 amide bonds. The lowest BCUT2D eigenvalue weighted by Gasteiger charge is -2.39. The first-order valence-electron chi connectivity index (χ1n) is 7.68. The van der Waals surface area contributed by atoms with Gasteiger partial charge < -0.3 is 16.0 Å². The highest BCUT2D eigenvalue weighted by Crippen LogP contribution is 2.36. The molecule has 20 heavy (non-hydrogen) atoms. The lowest BCUT2D eigenvalue weighted by Crippen LogP contribution is -2.45. The van der Waals surface area contributed by atoms with Gasteiger partial charge in [-0.15, -0.1) is 0 Å². The normalized spacial score (nSPS) is 30.3. The number of nitrogens with one attached hydrogen (secondary N) is 2.